The Morgan fingerprint density at radius 2 is 1.88 bits per heavy atom. The predicted molar refractivity (Wildman–Crippen MR) is 99.3 cm³/mol. The molecule has 0 radical (unpaired) electrons. The largest absolute Gasteiger partial charge is 0.281 e. The van der Waals surface area contributed by atoms with Gasteiger partial charge in [-0.3, -0.25) is 9.56 Å². The molecule has 120 valence electrons. The molecular formula is C18H14FIN4. The van der Waals surface area contributed by atoms with E-state index in [0.717, 1.165) is 26.5 Å². The number of halogens is 2. The highest BCUT2D eigenvalue weighted by Gasteiger charge is 2.26. The molecule has 0 fully saturated rings. The lowest BCUT2D eigenvalue weighted by molar-refractivity contribution is 0.624. The summed E-state index contributed by atoms with van der Waals surface area (Å²) in [7, 11) is 0. The summed E-state index contributed by atoms with van der Waals surface area (Å²) in [6.07, 6.45) is 0. The van der Waals surface area contributed by atoms with Crippen LogP contribution in [0.4, 0.5) is 4.39 Å². The van der Waals surface area contributed by atoms with Crippen LogP contribution >= 0.6 is 22.6 Å². The summed E-state index contributed by atoms with van der Waals surface area (Å²) in [5, 5.41) is 8.47. The van der Waals surface area contributed by atoms with E-state index in [4.69, 9.17) is 4.99 Å². The molecule has 2 aromatic carbocycles. The number of hydrogen-bond donors (Lipinski definition) is 0. The maximum atomic E-state index is 14.4. The van der Waals surface area contributed by atoms with Gasteiger partial charge in [-0.05, 0) is 66.8 Å². The van der Waals surface area contributed by atoms with Gasteiger partial charge in [0.2, 0.25) is 0 Å². The molecule has 2 heterocycles. The number of nitrogens with zero attached hydrogens (tertiary/aromatic N) is 4. The molecule has 0 saturated heterocycles. The Kier molecular flexibility index (Phi) is 3.71. The molecular weight excluding hydrogens is 418 g/mol. The summed E-state index contributed by atoms with van der Waals surface area (Å²) in [6.45, 7) is 3.87. The third-order valence-electron chi connectivity index (χ3n) is 4.13. The summed E-state index contributed by atoms with van der Waals surface area (Å²) in [6, 6.07) is 12.6. The van der Waals surface area contributed by atoms with E-state index >= 15 is 0 Å². The molecule has 4 rings (SSSR count). The summed E-state index contributed by atoms with van der Waals surface area (Å²) < 4.78 is 17.5. The second-order valence-electron chi connectivity index (χ2n) is 5.74. The molecule has 1 unspecified atom stereocenters. The van der Waals surface area contributed by atoms with E-state index in [9.17, 15) is 4.39 Å². The molecule has 6 heteroatoms. The zero-order chi connectivity index (χ0) is 16.8. The van der Waals surface area contributed by atoms with Crippen LogP contribution in [0.25, 0.3) is 5.69 Å². The quantitative estimate of drug-likeness (QED) is 0.541. The molecule has 0 aliphatic carbocycles. The Labute approximate surface area is 152 Å². The highest BCUT2D eigenvalue weighted by atomic mass is 127. The Morgan fingerprint density at radius 3 is 2.67 bits per heavy atom. The van der Waals surface area contributed by atoms with Gasteiger partial charge in [-0.1, -0.05) is 12.1 Å². The first-order chi connectivity index (χ1) is 11.6. The van der Waals surface area contributed by atoms with Crippen molar-refractivity contribution in [2.24, 2.45) is 4.99 Å². The zero-order valence-electron chi connectivity index (χ0n) is 13.2. The van der Waals surface area contributed by atoms with Gasteiger partial charge in [-0.15, -0.1) is 10.2 Å². The molecule has 0 spiro atoms. The van der Waals surface area contributed by atoms with Crippen molar-refractivity contribution in [3.63, 3.8) is 0 Å². The molecule has 3 aromatic rings. The van der Waals surface area contributed by atoms with E-state index < -0.39 is 0 Å². The Bertz CT molecular complexity index is 977. The molecule has 24 heavy (non-hydrogen) atoms. The molecule has 1 atom stereocenters. The van der Waals surface area contributed by atoms with Crippen molar-refractivity contribution >= 4 is 28.3 Å². The molecule has 0 N–H and O–H groups in total. The van der Waals surface area contributed by atoms with E-state index in [1.165, 1.54) is 6.07 Å². The second kappa shape index (κ2) is 5.77. The maximum absolute atomic E-state index is 14.4. The van der Waals surface area contributed by atoms with Gasteiger partial charge in [0.05, 0.1) is 11.4 Å². The molecule has 1 aliphatic rings. The van der Waals surface area contributed by atoms with Crippen LogP contribution in [0.2, 0.25) is 0 Å². The molecule has 1 aliphatic heterocycles. The Morgan fingerprint density at radius 1 is 1.08 bits per heavy atom. The van der Waals surface area contributed by atoms with Crippen molar-refractivity contribution in [1.82, 2.24) is 14.8 Å². The van der Waals surface area contributed by atoms with Crippen molar-refractivity contribution in [2.75, 3.05) is 0 Å². The van der Waals surface area contributed by atoms with Gasteiger partial charge >= 0.3 is 0 Å². The second-order valence-corrected chi connectivity index (χ2v) is 6.98. The van der Waals surface area contributed by atoms with Crippen LogP contribution < -0.4 is 0 Å². The first-order valence-electron chi connectivity index (χ1n) is 7.61. The van der Waals surface area contributed by atoms with E-state index in [-0.39, 0.29) is 11.9 Å². The van der Waals surface area contributed by atoms with Crippen LogP contribution in [-0.2, 0) is 0 Å². The monoisotopic (exact) mass is 432 g/mol. The minimum absolute atomic E-state index is 0.217. The lowest BCUT2D eigenvalue weighted by Gasteiger charge is -2.13. The van der Waals surface area contributed by atoms with E-state index in [2.05, 4.69) is 32.8 Å². The minimum Gasteiger partial charge on any atom is -0.281 e. The molecule has 0 saturated carbocycles. The van der Waals surface area contributed by atoms with Gasteiger partial charge in [0.1, 0.15) is 17.7 Å². The normalized spacial score (nSPS) is 16.2. The number of aliphatic imine (C=N–C) groups is 1. The first-order valence-corrected chi connectivity index (χ1v) is 8.69. The van der Waals surface area contributed by atoms with Crippen LogP contribution in [0, 0.1) is 16.3 Å². The van der Waals surface area contributed by atoms with Gasteiger partial charge in [0.25, 0.3) is 0 Å². The Hall–Kier alpha value is -2.09. The SMILES string of the molecule is Cc1nnc2n1-c1ccc(I)cc1C(c1ccccc1F)=NC2C. The highest BCUT2D eigenvalue weighted by molar-refractivity contribution is 14.1. The number of fused-ring (bicyclic) bond motifs is 3. The van der Waals surface area contributed by atoms with Gasteiger partial charge < -0.3 is 0 Å². The Balaban J connectivity index is 2.07. The van der Waals surface area contributed by atoms with Crippen molar-refractivity contribution in [2.45, 2.75) is 19.9 Å². The molecule has 1 aromatic heterocycles. The van der Waals surface area contributed by atoms with E-state index in [0.29, 0.717) is 11.3 Å². The van der Waals surface area contributed by atoms with Crippen LogP contribution in [0.1, 0.15) is 35.7 Å². The van der Waals surface area contributed by atoms with Crippen molar-refractivity contribution in [3.05, 3.63) is 74.6 Å². The standard InChI is InChI=1S/C18H14FIN4/c1-10-18-23-22-11(2)24(18)16-8-7-12(20)9-14(16)17(21-10)13-5-3-4-6-15(13)19/h3-10H,1-2H3. The average Bonchev–Trinajstić information content (AvgIpc) is 2.89. The van der Waals surface area contributed by atoms with E-state index in [1.54, 1.807) is 12.1 Å². The summed E-state index contributed by atoms with van der Waals surface area (Å²) in [5.74, 6) is 1.29. The highest BCUT2D eigenvalue weighted by Crippen LogP contribution is 2.31. The van der Waals surface area contributed by atoms with Crippen molar-refractivity contribution < 1.29 is 4.39 Å². The number of benzene rings is 2. The third kappa shape index (κ3) is 2.36. The average molecular weight is 432 g/mol. The number of hydrogen-bond acceptors (Lipinski definition) is 3. The van der Waals surface area contributed by atoms with Crippen LogP contribution in [0.15, 0.2) is 47.5 Å². The zero-order valence-corrected chi connectivity index (χ0v) is 15.3. The van der Waals surface area contributed by atoms with Crippen molar-refractivity contribution in [1.29, 1.82) is 0 Å². The van der Waals surface area contributed by atoms with Gasteiger partial charge in [-0.2, -0.15) is 0 Å². The van der Waals surface area contributed by atoms with Crippen molar-refractivity contribution in [3.8, 4) is 5.69 Å². The van der Waals surface area contributed by atoms with Crippen LogP contribution in [0.5, 0.6) is 0 Å². The maximum Gasteiger partial charge on any atom is 0.162 e. The van der Waals surface area contributed by atoms with Gasteiger partial charge in [0, 0.05) is 14.7 Å². The fraction of sp³-hybridized carbons (Fsp3) is 0.167. The van der Waals surface area contributed by atoms with Gasteiger partial charge in [-0.25, -0.2) is 4.39 Å². The number of aryl methyl sites for hydroxylation is 1. The number of rotatable bonds is 1. The molecule has 0 bridgehead atoms. The molecule has 4 nitrogen and oxygen atoms in total. The fourth-order valence-electron chi connectivity index (χ4n) is 3.03. The fourth-order valence-corrected chi connectivity index (χ4v) is 3.52. The topological polar surface area (TPSA) is 43.1 Å². The molecule has 0 amide bonds. The van der Waals surface area contributed by atoms with Gasteiger partial charge in [0.15, 0.2) is 5.82 Å². The smallest absolute Gasteiger partial charge is 0.162 e. The summed E-state index contributed by atoms with van der Waals surface area (Å²) in [4.78, 5) is 4.79. The predicted octanol–water partition coefficient (Wildman–Crippen LogP) is 4.23. The third-order valence-corrected chi connectivity index (χ3v) is 4.80. The number of aromatic nitrogens is 3. The lowest BCUT2D eigenvalue weighted by Crippen LogP contribution is -2.10. The first kappa shape index (κ1) is 15.4. The summed E-state index contributed by atoms with van der Waals surface area (Å²) >= 11 is 2.26. The minimum atomic E-state index is -0.275. The van der Waals surface area contributed by atoms with Crippen LogP contribution in [0.3, 0.4) is 0 Å². The van der Waals surface area contributed by atoms with Crippen LogP contribution in [-0.4, -0.2) is 20.5 Å². The lowest BCUT2D eigenvalue weighted by atomic mass is 10.00. The summed E-state index contributed by atoms with van der Waals surface area (Å²) in [5.41, 5.74) is 2.97. The van der Waals surface area contributed by atoms with E-state index in [1.807, 2.05) is 42.7 Å².